The van der Waals surface area contributed by atoms with E-state index in [4.69, 9.17) is 4.74 Å². The second kappa shape index (κ2) is 9.57. The van der Waals surface area contributed by atoms with Gasteiger partial charge in [0.15, 0.2) is 5.82 Å². The lowest BCUT2D eigenvalue weighted by Gasteiger charge is -2.28. The maximum atomic E-state index is 13.4. The predicted molar refractivity (Wildman–Crippen MR) is 110 cm³/mol. The largest absolute Gasteiger partial charge is 0.468 e. The molecule has 3 aromatic rings. The average Bonchev–Trinajstić information content (AvgIpc) is 2.80. The number of amides is 1. The number of hydrogen-bond acceptors (Lipinski definition) is 7. The van der Waals surface area contributed by atoms with Gasteiger partial charge in [-0.15, -0.1) is 0 Å². The quantitative estimate of drug-likeness (QED) is 0.627. The zero-order chi connectivity index (χ0) is 21.6. The number of carbonyl (C=O) groups is 1. The Labute approximate surface area is 178 Å². The second-order valence-electron chi connectivity index (χ2n) is 7.30. The van der Waals surface area contributed by atoms with Crippen molar-refractivity contribution in [2.24, 2.45) is 0 Å². The van der Waals surface area contributed by atoms with Crippen LogP contribution < -0.4 is 10.1 Å². The molecule has 4 rings (SSSR count). The highest BCUT2D eigenvalue weighted by Gasteiger charge is 2.26. The van der Waals surface area contributed by atoms with Crippen LogP contribution in [-0.4, -0.2) is 43.1 Å². The minimum atomic E-state index is -0.573. The maximum absolute atomic E-state index is 13.4. The lowest BCUT2D eigenvalue weighted by molar-refractivity contribution is 0.0713. The van der Waals surface area contributed by atoms with Gasteiger partial charge in [-0.1, -0.05) is 12.8 Å². The van der Waals surface area contributed by atoms with Crippen LogP contribution in [0.4, 0.5) is 4.39 Å². The fourth-order valence-electron chi connectivity index (χ4n) is 3.45. The van der Waals surface area contributed by atoms with Gasteiger partial charge in [0.05, 0.1) is 18.3 Å². The Bertz CT molecular complexity index is 1030. The summed E-state index contributed by atoms with van der Waals surface area (Å²) in [5.41, 5.74) is 0.929. The van der Waals surface area contributed by atoms with E-state index >= 15 is 0 Å². The molecule has 2 heterocycles. The van der Waals surface area contributed by atoms with Crippen molar-refractivity contribution >= 4 is 5.91 Å². The van der Waals surface area contributed by atoms with Gasteiger partial charge in [-0.25, -0.2) is 24.3 Å². The van der Waals surface area contributed by atoms with Crippen LogP contribution >= 0.6 is 0 Å². The number of aliphatic hydroxyl groups excluding tert-OH is 1. The summed E-state index contributed by atoms with van der Waals surface area (Å²) < 4.78 is 19.2. The van der Waals surface area contributed by atoms with Crippen LogP contribution in [0.2, 0.25) is 0 Å². The number of ether oxygens (including phenoxy) is 1. The summed E-state index contributed by atoms with van der Waals surface area (Å²) in [5, 5.41) is 13.0. The Morgan fingerprint density at radius 3 is 2.61 bits per heavy atom. The van der Waals surface area contributed by atoms with Gasteiger partial charge < -0.3 is 15.2 Å². The minimum Gasteiger partial charge on any atom is -0.468 e. The van der Waals surface area contributed by atoms with E-state index in [-0.39, 0.29) is 24.2 Å². The molecule has 1 aromatic carbocycles. The van der Waals surface area contributed by atoms with Crippen molar-refractivity contribution in [1.29, 1.82) is 0 Å². The van der Waals surface area contributed by atoms with E-state index in [1.807, 2.05) is 0 Å². The smallest absolute Gasteiger partial charge is 0.271 e. The number of aromatic nitrogens is 4. The van der Waals surface area contributed by atoms with Crippen molar-refractivity contribution in [3.63, 3.8) is 0 Å². The standard InChI is InChI=1S/C22H22FN5O3/c23-15-8-6-14(7-9-15)20-22(31-13-19-24-10-3-11-25-19)26-12-17(27-20)21(30)28-16-4-1-2-5-18(16)29/h3,6-12,16,18,29H,1-2,4-5,13H2,(H,28,30)/t16-,18-/m1/s1. The van der Waals surface area contributed by atoms with Crippen LogP contribution in [0.15, 0.2) is 48.9 Å². The highest BCUT2D eigenvalue weighted by Crippen LogP contribution is 2.27. The molecule has 1 fully saturated rings. The molecule has 0 aliphatic heterocycles. The number of carbonyl (C=O) groups excluding carboxylic acids is 1. The summed E-state index contributed by atoms with van der Waals surface area (Å²) in [5.74, 6) is -0.187. The Balaban J connectivity index is 1.59. The molecule has 0 radical (unpaired) electrons. The predicted octanol–water partition coefficient (Wildman–Crippen LogP) is 2.69. The van der Waals surface area contributed by atoms with Crippen LogP contribution in [0.3, 0.4) is 0 Å². The van der Waals surface area contributed by atoms with E-state index in [1.165, 1.54) is 30.5 Å². The topological polar surface area (TPSA) is 110 Å². The zero-order valence-corrected chi connectivity index (χ0v) is 16.7. The molecule has 1 aliphatic carbocycles. The Hall–Kier alpha value is -3.46. The van der Waals surface area contributed by atoms with Gasteiger partial charge >= 0.3 is 0 Å². The van der Waals surface area contributed by atoms with E-state index in [0.717, 1.165) is 12.8 Å². The van der Waals surface area contributed by atoms with Gasteiger partial charge in [0, 0.05) is 18.0 Å². The molecule has 9 heteroatoms. The fourth-order valence-corrected chi connectivity index (χ4v) is 3.45. The summed E-state index contributed by atoms with van der Waals surface area (Å²) in [6.45, 7) is 0.0591. The number of aliphatic hydroxyl groups is 1. The number of benzene rings is 1. The average molecular weight is 423 g/mol. The first-order valence-electron chi connectivity index (χ1n) is 10.1. The van der Waals surface area contributed by atoms with Crippen LogP contribution in [-0.2, 0) is 6.61 Å². The van der Waals surface area contributed by atoms with Gasteiger partial charge in [-0.2, -0.15) is 0 Å². The summed E-state index contributed by atoms with van der Waals surface area (Å²) in [6, 6.07) is 7.06. The summed E-state index contributed by atoms with van der Waals surface area (Å²) in [7, 11) is 0. The van der Waals surface area contributed by atoms with Gasteiger partial charge in [0.1, 0.15) is 23.8 Å². The second-order valence-corrected chi connectivity index (χ2v) is 7.30. The van der Waals surface area contributed by atoms with Crippen LogP contribution in [0.25, 0.3) is 11.3 Å². The zero-order valence-electron chi connectivity index (χ0n) is 16.7. The summed E-state index contributed by atoms with van der Waals surface area (Å²) in [6.07, 6.45) is 7.21. The van der Waals surface area contributed by atoms with E-state index < -0.39 is 17.8 Å². The lowest BCUT2D eigenvalue weighted by Crippen LogP contribution is -2.45. The molecule has 2 aromatic heterocycles. The van der Waals surface area contributed by atoms with Crippen LogP contribution in [0.1, 0.15) is 42.0 Å². The Kier molecular flexibility index (Phi) is 6.42. The maximum Gasteiger partial charge on any atom is 0.271 e. The lowest BCUT2D eigenvalue weighted by atomic mass is 9.92. The molecule has 1 saturated carbocycles. The van der Waals surface area contributed by atoms with E-state index in [0.29, 0.717) is 29.9 Å². The van der Waals surface area contributed by atoms with E-state index in [2.05, 4.69) is 25.3 Å². The van der Waals surface area contributed by atoms with Gasteiger partial charge in [0.25, 0.3) is 5.91 Å². The molecule has 0 spiro atoms. The van der Waals surface area contributed by atoms with Gasteiger partial charge in [-0.05, 0) is 43.2 Å². The molecular weight excluding hydrogens is 401 g/mol. The Morgan fingerprint density at radius 1 is 1.13 bits per heavy atom. The van der Waals surface area contributed by atoms with Crippen molar-refractivity contribution in [2.45, 2.75) is 44.4 Å². The SMILES string of the molecule is O=C(N[C@@H]1CCCC[C@H]1O)c1cnc(OCc2ncccn2)c(-c2ccc(F)cc2)n1. The molecule has 1 aliphatic rings. The fraction of sp³-hybridized carbons (Fsp3) is 0.318. The van der Waals surface area contributed by atoms with Crippen LogP contribution in [0.5, 0.6) is 5.88 Å². The van der Waals surface area contributed by atoms with E-state index in [1.54, 1.807) is 18.5 Å². The van der Waals surface area contributed by atoms with Gasteiger partial charge in [0.2, 0.25) is 5.88 Å². The monoisotopic (exact) mass is 423 g/mol. The summed E-state index contributed by atoms with van der Waals surface area (Å²) in [4.78, 5) is 29.6. The van der Waals surface area contributed by atoms with Crippen molar-refractivity contribution in [3.8, 4) is 17.1 Å². The molecule has 0 unspecified atom stereocenters. The molecule has 8 nitrogen and oxygen atoms in total. The third kappa shape index (κ3) is 5.18. The third-order valence-electron chi connectivity index (χ3n) is 5.09. The van der Waals surface area contributed by atoms with Crippen molar-refractivity contribution in [3.05, 3.63) is 66.3 Å². The van der Waals surface area contributed by atoms with Gasteiger partial charge in [-0.3, -0.25) is 4.79 Å². The molecule has 1 amide bonds. The first-order valence-corrected chi connectivity index (χ1v) is 10.1. The molecule has 2 atom stereocenters. The molecule has 31 heavy (non-hydrogen) atoms. The highest BCUT2D eigenvalue weighted by atomic mass is 19.1. The molecular formula is C22H22FN5O3. The molecule has 0 saturated heterocycles. The number of nitrogens with one attached hydrogen (secondary N) is 1. The first-order chi connectivity index (χ1) is 15.1. The van der Waals surface area contributed by atoms with E-state index in [9.17, 15) is 14.3 Å². The number of hydrogen-bond donors (Lipinski definition) is 2. The van der Waals surface area contributed by atoms with Crippen molar-refractivity contribution in [2.75, 3.05) is 0 Å². The molecule has 2 N–H and O–H groups in total. The highest BCUT2D eigenvalue weighted by molar-refractivity contribution is 5.93. The number of nitrogens with zero attached hydrogens (tertiary/aromatic N) is 4. The summed E-state index contributed by atoms with van der Waals surface area (Å²) >= 11 is 0. The number of halogens is 1. The first kappa shape index (κ1) is 20.8. The number of rotatable bonds is 6. The normalized spacial score (nSPS) is 18.4. The third-order valence-corrected chi connectivity index (χ3v) is 5.09. The Morgan fingerprint density at radius 2 is 1.87 bits per heavy atom. The van der Waals surface area contributed by atoms with Crippen LogP contribution in [0, 0.1) is 5.82 Å². The van der Waals surface area contributed by atoms with Crippen molar-refractivity contribution in [1.82, 2.24) is 25.3 Å². The van der Waals surface area contributed by atoms with Crippen molar-refractivity contribution < 1.29 is 19.0 Å². The molecule has 0 bridgehead atoms. The minimum absolute atomic E-state index is 0.0591. The molecule has 160 valence electrons.